The minimum Gasteiger partial charge on any atom is -0.468 e. The molecule has 1 saturated heterocycles. The summed E-state index contributed by atoms with van der Waals surface area (Å²) in [6.45, 7) is 2.60. The van der Waals surface area contributed by atoms with Crippen molar-refractivity contribution in [3.63, 3.8) is 0 Å². The van der Waals surface area contributed by atoms with E-state index in [1.54, 1.807) is 13.1 Å². The molecule has 0 radical (unpaired) electrons. The van der Waals surface area contributed by atoms with Crippen molar-refractivity contribution in [2.75, 3.05) is 13.2 Å². The predicted octanol–water partition coefficient (Wildman–Crippen LogP) is 0.634. The Balaban J connectivity index is 2.10. The summed E-state index contributed by atoms with van der Waals surface area (Å²) in [6, 6.07) is 1.16. The number of aryl methyl sites for hydroxylation is 1. The lowest BCUT2D eigenvalue weighted by molar-refractivity contribution is 0.133. The van der Waals surface area contributed by atoms with Gasteiger partial charge in [-0.2, -0.15) is 0 Å². The number of nitrogens with zero attached hydrogens (tertiary/aromatic N) is 1. The number of rotatable bonds is 2. The lowest BCUT2D eigenvalue weighted by atomic mass is 10.2. The molecule has 15 heavy (non-hydrogen) atoms. The van der Waals surface area contributed by atoms with Crippen LogP contribution < -0.4 is 10.5 Å². The van der Waals surface area contributed by atoms with E-state index in [4.69, 9.17) is 15.2 Å². The molecule has 1 fully saturated rings. The second-order valence-corrected chi connectivity index (χ2v) is 3.66. The Morgan fingerprint density at radius 1 is 1.60 bits per heavy atom. The van der Waals surface area contributed by atoms with Gasteiger partial charge in [0.25, 0.3) is 5.88 Å². The van der Waals surface area contributed by atoms with Crippen molar-refractivity contribution in [1.29, 1.82) is 0 Å². The van der Waals surface area contributed by atoms with Crippen LogP contribution in [0.4, 0.5) is 4.39 Å². The van der Waals surface area contributed by atoms with E-state index in [9.17, 15) is 4.39 Å². The van der Waals surface area contributed by atoms with Gasteiger partial charge < -0.3 is 15.2 Å². The molecule has 1 aliphatic heterocycles. The second-order valence-electron chi connectivity index (χ2n) is 3.66. The number of ether oxygens (including phenoxy) is 2. The molecule has 0 saturated carbocycles. The first kappa shape index (κ1) is 10.3. The van der Waals surface area contributed by atoms with E-state index in [0.717, 1.165) is 5.56 Å². The van der Waals surface area contributed by atoms with Crippen LogP contribution >= 0.6 is 0 Å². The number of hydrogen-bond acceptors (Lipinski definition) is 4. The van der Waals surface area contributed by atoms with Crippen molar-refractivity contribution >= 4 is 0 Å². The fraction of sp³-hybridized carbons (Fsp3) is 0.500. The summed E-state index contributed by atoms with van der Waals surface area (Å²) in [4.78, 5) is 3.87. The standard InChI is InChI=1S/C10H13FN2O2/c1-6-2-7(11)10(13-3-6)15-9-5-14-4-8(9)12/h2-3,8-9H,4-5,12H2,1H3. The van der Waals surface area contributed by atoms with Crippen molar-refractivity contribution in [2.24, 2.45) is 5.73 Å². The number of nitrogens with two attached hydrogens (primary N) is 1. The summed E-state index contributed by atoms with van der Waals surface area (Å²) >= 11 is 0. The maximum absolute atomic E-state index is 13.4. The second kappa shape index (κ2) is 4.12. The maximum Gasteiger partial charge on any atom is 0.250 e. The molecular weight excluding hydrogens is 199 g/mol. The van der Waals surface area contributed by atoms with Gasteiger partial charge in [-0.1, -0.05) is 0 Å². The van der Waals surface area contributed by atoms with Gasteiger partial charge in [0, 0.05) is 6.20 Å². The highest BCUT2D eigenvalue weighted by Crippen LogP contribution is 2.18. The Morgan fingerprint density at radius 3 is 3.00 bits per heavy atom. The lowest BCUT2D eigenvalue weighted by Gasteiger charge is -2.15. The zero-order chi connectivity index (χ0) is 10.8. The van der Waals surface area contributed by atoms with E-state index >= 15 is 0 Å². The van der Waals surface area contributed by atoms with Crippen molar-refractivity contribution < 1.29 is 13.9 Å². The molecule has 2 rings (SSSR count). The van der Waals surface area contributed by atoms with E-state index < -0.39 is 5.82 Å². The predicted molar refractivity (Wildman–Crippen MR) is 52.1 cm³/mol. The molecule has 0 amide bonds. The fourth-order valence-electron chi connectivity index (χ4n) is 1.42. The maximum atomic E-state index is 13.4. The van der Waals surface area contributed by atoms with E-state index in [1.807, 2.05) is 0 Å². The Hall–Kier alpha value is -1.20. The van der Waals surface area contributed by atoms with E-state index in [1.165, 1.54) is 6.07 Å². The van der Waals surface area contributed by atoms with Crippen LogP contribution in [0.15, 0.2) is 12.3 Å². The molecule has 2 unspecified atom stereocenters. The van der Waals surface area contributed by atoms with Crippen molar-refractivity contribution in [3.05, 3.63) is 23.6 Å². The molecule has 0 aromatic carbocycles. The SMILES string of the molecule is Cc1cnc(OC2COCC2N)c(F)c1. The minimum atomic E-state index is -0.464. The summed E-state index contributed by atoms with van der Waals surface area (Å²) in [5.41, 5.74) is 6.46. The summed E-state index contributed by atoms with van der Waals surface area (Å²) in [5.74, 6) is -0.472. The Labute approximate surface area is 87.2 Å². The summed E-state index contributed by atoms with van der Waals surface area (Å²) < 4.78 is 23.8. The zero-order valence-electron chi connectivity index (χ0n) is 8.44. The van der Waals surface area contributed by atoms with Crippen LogP contribution in [0.25, 0.3) is 0 Å². The van der Waals surface area contributed by atoms with Crippen molar-refractivity contribution in [2.45, 2.75) is 19.1 Å². The average molecular weight is 212 g/mol. The van der Waals surface area contributed by atoms with Crippen molar-refractivity contribution in [3.8, 4) is 5.88 Å². The van der Waals surface area contributed by atoms with Crippen LogP contribution in [0.1, 0.15) is 5.56 Å². The van der Waals surface area contributed by atoms with Crippen LogP contribution in [0, 0.1) is 12.7 Å². The monoisotopic (exact) mass is 212 g/mol. The third-order valence-electron chi connectivity index (χ3n) is 2.28. The van der Waals surface area contributed by atoms with Gasteiger partial charge in [-0.3, -0.25) is 0 Å². The van der Waals surface area contributed by atoms with Gasteiger partial charge in [-0.25, -0.2) is 9.37 Å². The molecule has 0 aliphatic carbocycles. The lowest BCUT2D eigenvalue weighted by Crippen LogP contribution is -2.37. The van der Waals surface area contributed by atoms with Gasteiger partial charge >= 0.3 is 0 Å². The highest BCUT2D eigenvalue weighted by Gasteiger charge is 2.27. The smallest absolute Gasteiger partial charge is 0.250 e. The number of hydrogen-bond donors (Lipinski definition) is 1. The first-order valence-corrected chi connectivity index (χ1v) is 4.79. The van der Waals surface area contributed by atoms with Gasteiger partial charge in [0.05, 0.1) is 19.3 Å². The summed E-state index contributed by atoms with van der Waals surface area (Å²) in [7, 11) is 0. The topological polar surface area (TPSA) is 57.4 Å². The number of pyridine rings is 1. The highest BCUT2D eigenvalue weighted by atomic mass is 19.1. The van der Waals surface area contributed by atoms with Crippen LogP contribution in [0.5, 0.6) is 5.88 Å². The third-order valence-corrected chi connectivity index (χ3v) is 2.28. The molecule has 2 atom stereocenters. The van der Waals surface area contributed by atoms with E-state index in [-0.39, 0.29) is 18.0 Å². The van der Waals surface area contributed by atoms with E-state index in [2.05, 4.69) is 4.98 Å². The van der Waals surface area contributed by atoms with Gasteiger partial charge in [0.15, 0.2) is 5.82 Å². The van der Waals surface area contributed by atoms with Crippen molar-refractivity contribution in [1.82, 2.24) is 4.98 Å². The normalized spacial score (nSPS) is 25.5. The van der Waals surface area contributed by atoms with Gasteiger partial charge in [0.1, 0.15) is 6.10 Å². The Morgan fingerprint density at radius 2 is 2.40 bits per heavy atom. The summed E-state index contributed by atoms with van der Waals surface area (Å²) in [5, 5.41) is 0. The minimum absolute atomic E-state index is 0.00782. The molecule has 0 bridgehead atoms. The first-order valence-electron chi connectivity index (χ1n) is 4.79. The number of halogens is 1. The molecule has 2 N–H and O–H groups in total. The molecule has 4 nitrogen and oxygen atoms in total. The summed E-state index contributed by atoms with van der Waals surface area (Å²) in [6.07, 6.45) is 1.24. The molecule has 0 spiro atoms. The molecule has 1 aliphatic rings. The average Bonchev–Trinajstić information content (AvgIpc) is 2.57. The molecule has 82 valence electrons. The molecular formula is C10H13FN2O2. The Kier molecular flexibility index (Phi) is 2.83. The molecule has 5 heteroatoms. The molecule has 2 heterocycles. The van der Waals surface area contributed by atoms with Gasteiger partial charge in [-0.05, 0) is 18.6 Å². The van der Waals surface area contributed by atoms with E-state index in [0.29, 0.717) is 13.2 Å². The fourth-order valence-corrected chi connectivity index (χ4v) is 1.42. The Bertz CT molecular complexity index is 359. The van der Waals surface area contributed by atoms with Gasteiger partial charge in [0.2, 0.25) is 0 Å². The molecule has 1 aromatic heterocycles. The first-order chi connectivity index (χ1) is 7.16. The quantitative estimate of drug-likeness (QED) is 0.781. The number of aromatic nitrogens is 1. The molecule has 1 aromatic rings. The van der Waals surface area contributed by atoms with Crippen LogP contribution in [-0.4, -0.2) is 30.3 Å². The van der Waals surface area contributed by atoms with Crippen LogP contribution in [0.3, 0.4) is 0 Å². The third kappa shape index (κ3) is 2.24. The highest BCUT2D eigenvalue weighted by molar-refractivity contribution is 5.19. The zero-order valence-corrected chi connectivity index (χ0v) is 8.44. The van der Waals surface area contributed by atoms with Crippen LogP contribution in [-0.2, 0) is 4.74 Å². The van der Waals surface area contributed by atoms with Crippen LogP contribution in [0.2, 0.25) is 0 Å². The largest absolute Gasteiger partial charge is 0.468 e. The van der Waals surface area contributed by atoms with Gasteiger partial charge in [-0.15, -0.1) is 0 Å².